The van der Waals surface area contributed by atoms with Crippen LogP contribution in [0, 0.1) is 0 Å². The predicted octanol–water partition coefficient (Wildman–Crippen LogP) is 1.55. The van der Waals surface area contributed by atoms with E-state index in [0.717, 1.165) is 17.7 Å². The summed E-state index contributed by atoms with van der Waals surface area (Å²) in [5.41, 5.74) is 0.563. The van der Waals surface area contributed by atoms with E-state index in [-0.39, 0.29) is 30.4 Å². The number of likely N-dealkylation sites (tertiary alicyclic amines) is 1. The number of aliphatic hydroxyl groups excluding tert-OH is 1. The lowest BCUT2D eigenvalue weighted by Gasteiger charge is -2.20. The molecule has 0 aromatic rings. The first-order chi connectivity index (χ1) is 8.93. The number of carbonyl (C=O) groups excluding carboxylic acids is 3. The van der Waals surface area contributed by atoms with Gasteiger partial charge in [-0.05, 0) is 31.8 Å². The van der Waals surface area contributed by atoms with Gasteiger partial charge in [-0.2, -0.15) is 0 Å². The molecule has 1 saturated heterocycles. The maximum atomic E-state index is 11.4. The molecule has 1 fully saturated rings. The average Bonchev–Trinajstić information content (AvgIpc) is 2.68. The van der Waals surface area contributed by atoms with Crippen molar-refractivity contribution in [1.29, 1.82) is 0 Å². The highest BCUT2D eigenvalue weighted by molar-refractivity contribution is 6.02. The van der Waals surface area contributed by atoms with Crippen LogP contribution in [0.1, 0.15) is 51.9 Å². The Kier molecular flexibility index (Phi) is 5.89. The molecular weight excluding hydrogens is 246 g/mol. The fourth-order valence-electron chi connectivity index (χ4n) is 2.06. The summed E-state index contributed by atoms with van der Waals surface area (Å²) in [6.07, 6.45) is 2.42. The van der Waals surface area contributed by atoms with Gasteiger partial charge < -0.3 is 5.11 Å². The second-order valence-electron chi connectivity index (χ2n) is 4.94. The summed E-state index contributed by atoms with van der Waals surface area (Å²) < 4.78 is 0. The van der Waals surface area contributed by atoms with Crippen molar-refractivity contribution in [2.24, 2.45) is 0 Å². The van der Waals surface area contributed by atoms with E-state index >= 15 is 0 Å². The van der Waals surface area contributed by atoms with Crippen LogP contribution < -0.4 is 0 Å². The largest absolute Gasteiger partial charge is 0.373 e. The molecule has 1 aliphatic rings. The van der Waals surface area contributed by atoms with E-state index in [0.29, 0.717) is 24.8 Å². The Hall–Kier alpha value is -1.49. The SMILES string of the molecule is C=C(C)C(=O)CCCCCC(O)N1C(=O)CCC1=O. The zero-order valence-electron chi connectivity index (χ0n) is 11.4. The van der Waals surface area contributed by atoms with E-state index in [2.05, 4.69) is 6.58 Å². The molecule has 5 nitrogen and oxygen atoms in total. The molecule has 106 valence electrons. The van der Waals surface area contributed by atoms with Crippen LogP contribution in [0.3, 0.4) is 0 Å². The second-order valence-corrected chi connectivity index (χ2v) is 4.94. The number of hydrogen-bond acceptors (Lipinski definition) is 4. The van der Waals surface area contributed by atoms with E-state index < -0.39 is 6.23 Å². The summed E-state index contributed by atoms with van der Waals surface area (Å²) in [4.78, 5) is 35.0. The van der Waals surface area contributed by atoms with E-state index in [4.69, 9.17) is 0 Å². The topological polar surface area (TPSA) is 74.7 Å². The van der Waals surface area contributed by atoms with Crippen molar-refractivity contribution in [3.8, 4) is 0 Å². The average molecular weight is 267 g/mol. The third-order valence-electron chi connectivity index (χ3n) is 3.23. The van der Waals surface area contributed by atoms with Crippen molar-refractivity contribution in [2.75, 3.05) is 0 Å². The lowest BCUT2D eigenvalue weighted by atomic mass is 10.1. The van der Waals surface area contributed by atoms with Crippen LogP contribution in [0.5, 0.6) is 0 Å². The van der Waals surface area contributed by atoms with Gasteiger partial charge in [-0.25, -0.2) is 0 Å². The number of rotatable bonds is 8. The van der Waals surface area contributed by atoms with E-state index in [1.54, 1.807) is 6.92 Å². The third-order valence-corrected chi connectivity index (χ3v) is 3.23. The Bertz CT molecular complexity index is 373. The van der Waals surface area contributed by atoms with Crippen LogP contribution in [0.2, 0.25) is 0 Å². The first kappa shape index (κ1) is 15.6. The molecule has 1 atom stereocenters. The Morgan fingerprint density at radius 1 is 1.26 bits per heavy atom. The molecule has 0 aromatic carbocycles. The Morgan fingerprint density at radius 2 is 1.84 bits per heavy atom. The van der Waals surface area contributed by atoms with Crippen LogP contribution in [-0.4, -0.2) is 33.8 Å². The zero-order valence-corrected chi connectivity index (χ0v) is 11.4. The Morgan fingerprint density at radius 3 is 2.37 bits per heavy atom. The number of Topliss-reactive ketones (excluding diaryl/α,β-unsaturated/α-hetero) is 1. The van der Waals surface area contributed by atoms with Crippen LogP contribution in [0.4, 0.5) is 0 Å². The van der Waals surface area contributed by atoms with Gasteiger partial charge in [0.25, 0.3) is 0 Å². The second kappa shape index (κ2) is 7.19. The highest BCUT2D eigenvalue weighted by atomic mass is 16.3. The summed E-state index contributed by atoms with van der Waals surface area (Å²) in [5.74, 6) is -0.532. The third kappa shape index (κ3) is 4.59. The molecule has 1 aliphatic heterocycles. The van der Waals surface area contributed by atoms with Gasteiger partial charge in [0.2, 0.25) is 11.8 Å². The van der Waals surface area contributed by atoms with Crippen molar-refractivity contribution in [1.82, 2.24) is 4.90 Å². The number of nitrogens with zero attached hydrogens (tertiary/aromatic N) is 1. The number of ketones is 1. The summed E-state index contributed by atoms with van der Waals surface area (Å²) in [6.45, 7) is 5.27. The predicted molar refractivity (Wildman–Crippen MR) is 70.0 cm³/mol. The molecular formula is C14H21NO4. The quantitative estimate of drug-likeness (QED) is 0.411. The minimum absolute atomic E-state index is 0.0606. The molecule has 1 heterocycles. The number of unbranched alkanes of at least 4 members (excludes halogenated alkanes) is 2. The van der Waals surface area contributed by atoms with Gasteiger partial charge in [-0.1, -0.05) is 13.0 Å². The number of imide groups is 1. The number of aliphatic hydroxyl groups is 1. The highest BCUT2D eigenvalue weighted by Gasteiger charge is 2.33. The maximum Gasteiger partial charge on any atom is 0.231 e. The van der Waals surface area contributed by atoms with Gasteiger partial charge in [0.15, 0.2) is 5.78 Å². The summed E-state index contributed by atoms with van der Waals surface area (Å²) in [5, 5.41) is 9.79. The lowest BCUT2D eigenvalue weighted by Crippen LogP contribution is -2.39. The number of carbonyl (C=O) groups is 3. The van der Waals surface area contributed by atoms with Crippen LogP contribution in [-0.2, 0) is 14.4 Å². The Labute approximate surface area is 113 Å². The molecule has 1 N–H and O–H groups in total. The van der Waals surface area contributed by atoms with Crippen LogP contribution in [0.15, 0.2) is 12.2 Å². The minimum Gasteiger partial charge on any atom is -0.373 e. The standard InChI is InChI=1S/C14H21NO4/c1-10(2)11(16)6-4-3-5-7-12(17)15-13(18)8-9-14(15)19/h12,17H,1,3-9H2,2H3. The van der Waals surface area contributed by atoms with Gasteiger partial charge in [0.1, 0.15) is 6.23 Å². The Balaban J connectivity index is 2.19. The number of hydrogen-bond donors (Lipinski definition) is 1. The monoisotopic (exact) mass is 267 g/mol. The van der Waals surface area contributed by atoms with E-state index in [9.17, 15) is 19.5 Å². The highest BCUT2D eigenvalue weighted by Crippen LogP contribution is 2.18. The molecule has 0 spiro atoms. The van der Waals surface area contributed by atoms with E-state index in [1.807, 2.05) is 0 Å². The summed E-state index contributed by atoms with van der Waals surface area (Å²) in [6, 6.07) is 0. The molecule has 19 heavy (non-hydrogen) atoms. The molecule has 0 radical (unpaired) electrons. The first-order valence-corrected chi connectivity index (χ1v) is 6.65. The van der Waals surface area contributed by atoms with Crippen molar-refractivity contribution >= 4 is 17.6 Å². The van der Waals surface area contributed by atoms with Gasteiger partial charge in [0.05, 0.1) is 0 Å². The first-order valence-electron chi connectivity index (χ1n) is 6.65. The maximum absolute atomic E-state index is 11.4. The lowest BCUT2D eigenvalue weighted by molar-refractivity contribution is -0.149. The minimum atomic E-state index is -1.01. The number of amides is 2. The molecule has 0 aliphatic carbocycles. The molecule has 5 heteroatoms. The van der Waals surface area contributed by atoms with Crippen molar-refractivity contribution < 1.29 is 19.5 Å². The summed E-state index contributed by atoms with van der Waals surface area (Å²) in [7, 11) is 0. The molecule has 1 unspecified atom stereocenters. The summed E-state index contributed by atoms with van der Waals surface area (Å²) >= 11 is 0. The molecule has 0 bridgehead atoms. The fourth-order valence-corrected chi connectivity index (χ4v) is 2.06. The van der Waals surface area contributed by atoms with Gasteiger partial charge in [-0.15, -0.1) is 0 Å². The molecule has 2 amide bonds. The van der Waals surface area contributed by atoms with Crippen LogP contribution >= 0.6 is 0 Å². The smallest absolute Gasteiger partial charge is 0.231 e. The van der Waals surface area contributed by atoms with Gasteiger partial charge in [-0.3, -0.25) is 19.3 Å². The normalized spacial score (nSPS) is 16.8. The van der Waals surface area contributed by atoms with Crippen LogP contribution in [0.25, 0.3) is 0 Å². The van der Waals surface area contributed by atoms with Gasteiger partial charge >= 0.3 is 0 Å². The van der Waals surface area contributed by atoms with Crippen molar-refractivity contribution in [3.63, 3.8) is 0 Å². The molecule has 0 aromatic heterocycles. The van der Waals surface area contributed by atoms with Gasteiger partial charge in [0, 0.05) is 19.3 Å². The molecule has 0 saturated carbocycles. The van der Waals surface area contributed by atoms with Crippen molar-refractivity contribution in [3.05, 3.63) is 12.2 Å². The van der Waals surface area contributed by atoms with E-state index in [1.165, 1.54) is 0 Å². The molecule has 1 rings (SSSR count). The van der Waals surface area contributed by atoms with Crippen molar-refractivity contribution in [2.45, 2.75) is 58.1 Å². The fraction of sp³-hybridized carbons (Fsp3) is 0.643. The number of allylic oxidation sites excluding steroid dienone is 1. The zero-order chi connectivity index (χ0) is 14.4.